The molecule has 4 N–H and O–H groups in total. The van der Waals surface area contributed by atoms with Crippen molar-refractivity contribution in [2.45, 2.75) is 76.5 Å². The average Bonchev–Trinajstić information content (AvgIpc) is 3.10. The molecule has 174 valence electrons. The summed E-state index contributed by atoms with van der Waals surface area (Å²) in [7, 11) is 0. The highest BCUT2D eigenvalue weighted by Gasteiger charge is 2.62. The zero-order valence-corrected chi connectivity index (χ0v) is 18.7. The van der Waals surface area contributed by atoms with Crippen molar-refractivity contribution in [2.75, 3.05) is 0 Å². The Balaban J connectivity index is 1.45. The minimum Gasteiger partial charge on any atom is -0.465 e. The van der Waals surface area contributed by atoms with Crippen LogP contribution in [0.15, 0.2) is 39.3 Å². The largest absolute Gasteiger partial charge is 0.465 e. The molecule has 0 aliphatic heterocycles. The minimum absolute atomic E-state index is 0.115. The predicted molar refractivity (Wildman–Crippen MR) is 117 cm³/mol. The lowest BCUT2D eigenvalue weighted by Crippen LogP contribution is -2.62. The van der Waals surface area contributed by atoms with Crippen molar-refractivity contribution in [3.63, 3.8) is 0 Å². The standard InChI is InChI=1S/C25H33NO6/c1-24-10-9-18-15(17(24)7-6-16(24)13-3-8-20(27)32-12-13)5-4-14-11-19(26-23(30)31)21(28)22(29)25(14,18)2/h3,8,11-12,15-19,21-22,26,28-29H,4-7,9-10H2,1-2H3,(H,30,31)/t15-,16+,17+,18+,19+,21?,22?,24+,25+/m1/s1. The number of hydrogen-bond donors (Lipinski definition) is 4. The highest BCUT2D eigenvalue weighted by Crippen LogP contribution is 2.68. The SMILES string of the molecule is C[C@@]12CC[C@H]3[C@H](CCC4=C[C@H](NC(=O)O)C(O)C(O)[C@@]43C)[C@@H]1CC[C@H]2c1ccc(=O)oc1. The molecule has 32 heavy (non-hydrogen) atoms. The molecule has 4 aliphatic carbocycles. The van der Waals surface area contributed by atoms with Crippen molar-refractivity contribution >= 4 is 6.09 Å². The molecule has 0 spiro atoms. The summed E-state index contributed by atoms with van der Waals surface area (Å²) in [5.74, 6) is 1.57. The fourth-order valence-electron chi connectivity index (χ4n) is 8.19. The van der Waals surface area contributed by atoms with Crippen LogP contribution in [0.25, 0.3) is 0 Å². The Morgan fingerprint density at radius 3 is 2.59 bits per heavy atom. The molecule has 1 amide bonds. The third kappa shape index (κ3) is 3.00. The van der Waals surface area contributed by atoms with Crippen LogP contribution < -0.4 is 10.9 Å². The smallest absolute Gasteiger partial charge is 0.405 e. The van der Waals surface area contributed by atoms with E-state index in [9.17, 15) is 19.8 Å². The van der Waals surface area contributed by atoms with Crippen molar-refractivity contribution in [1.29, 1.82) is 0 Å². The lowest BCUT2D eigenvalue weighted by atomic mass is 9.45. The number of aliphatic hydroxyl groups excluding tert-OH is 2. The van der Waals surface area contributed by atoms with E-state index in [0.717, 1.165) is 49.7 Å². The topological polar surface area (TPSA) is 120 Å². The van der Waals surface area contributed by atoms with E-state index in [1.54, 1.807) is 6.26 Å². The summed E-state index contributed by atoms with van der Waals surface area (Å²) in [6, 6.07) is 2.65. The van der Waals surface area contributed by atoms with Crippen molar-refractivity contribution < 1.29 is 24.5 Å². The fraction of sp³-hybridized carbons (Fsp3) is 0.680. The summed E-state index contributed by atoms with van der Waals surface area (Å²) in [6.07, 6.45) is 6.12. The third-order valence-corrected chi connectivity index (χ3v) is 9.75. The number of nitrogens with one attached hydrogen (secondary N) is 1. The Labute approximate surface area is 187 Å². The van der Waals surface area contributed by atoms with Gasteiger partial charge in [0, 0.05) is 11.5 Å². The van der Waals surface area contributed by atoms with Crippen LogP contribution in [0.4, 0.5) is 4.79 Å². The maximum atomic E-state index is 11.4. The lowest BCUT2D eigenvalue weighted by molar-refractivity contribution is -0.131. The van der Waals surface area contributed by atoms with E-state index in [1.807, 2.05) is 12.1 Å². The molecule has 7 heteroatoms. The summed E-state index contributed by atoms with van der Waals surface area (Å²) >= 11 is 0. The summed E-state index contributed by atoms with van der Waals surface area (Å²) in [4.78, 5) is 22.6. The second-order valence-electron chi connectivity index (χ2n) is 10.9. The van der Waals surface area contributed by atoms with Crippen molar-refractivity contribution in [1.82, 2.24) is 5.32 Å². The molecule has 5 rings (SSSR count). The van der Waals surface area contributed by atoms with Crippen LogP contribution >= 0.6 is 0 Å². The summed E-state index contributed by atoms with van der Waals surface area (Å²) in [6.45, 7) is 4.45. The first-order valence-electron chi connectivity index (χ1n) is 11.8. The molecule has 2 unspecified atom stereocenters. The molecule has 1 aromatic heterocycles. The van der Waals surface area contributed by atoms with Crippen LogP contribution in [-0.2, 0) is 0 Å². The maximum absolute atomic E-state index is 11.4. The Morgan fingerprint density at radius 1 is 1.12 bits per heavy atom. The first kappa shape index (κ1) is 21.7. The molecular formula is C25H33NO6. The lowest BCUT2D eigenvalue weighted by Gasteiger charge is -2.60. The molecule has 7 nitrogen and oxygen atoms in total. The fourth-order valence-corrected chi connectivity index (χ4v) is 8.19. The third-order valence-electron chi connectivity index (χ3n) is 9.75. The second-order valence-corrected chi connectivity index (χ2v) is 10.9. The molecular weight excluding hydrogens is 410 g/mol. The monoisotopic (exact) mass is 443 g/mol. The minimum atomic E-state index is -1.20. The van der Waals surface area contributed by atoms with Gasteiger partial charge in [-0.3, -0.25) is 0 Å². The van der Waals surface area contributed by atoms with E-state index in [2.05, 4.69) is 19.2 Å². The van der Waals surface area contributed by atoms with Crippen molar-refractivity contribution in [2.24, 2.45) is 28.6 Å². The van der Waals surface area contributed by atoms with Gasteiger partial charge < -0.3 is 25.1 Å². The van der Waals surface area contributed by atoms with E-state index in [-0.39, 0.29) is 17.0 Å². The maximum Gasteiger partial charge on any atom is 0.405 e. The number of carbonyl (C=O) groups is 1. The Bertz CT molecular complexity index is 982. The summed E-state index contributed by atoms with van der Waals surface area (Å²) in [5, 5.41) is 33.5. The highest BCUT2D eigenvalue weighted by atomic mass is 16.4. The predicted octanol–water partition coefficient (Wildman–Crippen LogP) is 3.26. The Kier molecular flexibility index (Phi) is 5.06. The summed E-state index contributed by atoms with van der Waals surface area (Å²) < 4.78 is 5.18. The molecule has 0 saturated heterocycles. The van der Waals surface area contributed by atoms with E-state index in [0.29, 0.717) is 17.8 Å². The highest BCUT2D eigenvalue weighted by molar-refractivity contribution is 5.65. The first-order chi connectivity index (χ1) is 15.2. The van der Waals surface area contributed by atoms with Crippen molar-refractivity contribution in [3.05, 3.63) is 46.0 Å². The Morgan fingerprint density at radius 2 is 1.91 bits per heavy atom. The number of rotatable bonds is 2. The zero-order chi connectivity index (χ0) is 22.8. The Hall–Kier alpha value is -2.12. The molecule has 0 bridgehead atoms. The number of aliphatic hydroxyl groups is 2. The van der Waals surface area contributed by atoms with Crippen LogP contribution in [0.2, 0.25) is 0 Å². The quantitative estimate of drug-likeness (QED) is 0.521. The number of carboxylic acid groups (broad SMARTS) is 1. The van der Waals surface area contributed by atoms with Crippen LogP contribution in [0.5, 0.6) is 0 Å². The number of hydrogen-bond acceptors (Lipinski definition) is 5. The van der Waals surface area contributed by atoms with Gasteiger partial charge in [0.1, 0.15) is 6.10 Å². The van der Waals surface area contributed by atoms with E-state index in [4.69, 9.17) is 9.52 Å². The van der Waals surface area contributed by atoms with Gasteiger partial charge in [0.05, 0.1) is 18.4 Å². The molecule has 9 atom stereocenters. The number of fused-ring (bicyclic) bond motifs is 5. The molecule has 4 aliphatic rings. The van der Waals surface area contributed by atoms with Gasteiger partial charge in [-0.1, -0.05) is 25.5 Å². The normalized spacial score (nSPS) is 45.2. The van der Waals surface area contributed by atoms with Gasteiger partial charge in [-0.15, -0.1) is 0 Å². The second kappa shape index (κ2) is 7.45. The van der Waals surface area contributed by atoms with Gasteiger partial charge in [-0.05, 0) is 79.2 Å². The van der Waals surface area contributed by atoms with Gasteiger partial charge >= 0.3 is 11.7 Å². The molecule has 1 heterocycles. The van der Waals surface area contributed by atoms with Gasteiger partial charge in [0.2, 0.25) is 0 Å². The van der Waals surface area contributed by atoms with Gasteiger partial charge in [0.25, 0.3) is 0 Å². The summed E-state index contributed by atoms with van der Waals surface area (Å²) in [5.41, 5.74) is 1.43. The van der Waals surface area contributed by atoms with Crippen molar-refractivity contribution in [3.8, 4) is 0 Å². The van der Waals surface area contributed by atoms with Crippen LogP contribution in [-0.4, -0.2) is 39.7 Å². The van der Waals surface area contributed by atoms with Crippen LogP contribution in [0.3, 0.4) is 0 Å². The van der Waals surface area contributed by atoms with E-state index < -0.39 is 29.8 Å². The molecule has 3 fully saturated rings. The molecule has 0 radical (unpaired) electrons. The molecule has 0 aromatic carbocycles. The zero-order valence-electron chi connectivity index (χ0n) is 18.7. The molecule has 1 aromatic rings. The average molecular weight is 444 g/mol. The number of amides is 1. The van der Waals surface area contributed by atoms with Crippen LogP contribution in [0, 0.1) is 28.6 Å². The van der Waals surface area contributed by atoms with Gasteiger partial charge in [-0.2, -0.15) is 0 Å². The van der Waals surface area contributed by atoms with Gasteiger partial charge in [-0.25, -0.2) is 9.59 Å². The molecule has 3 saturated carbocycles. The van der Waals surface area contributed by atoms with Crippen LogP contribution in [0.1, 0.15) is 63.9 Å². The van der Waals surface area contributed by atoms with E-state index >= 15 is 0 Å². The first-order valence-corrected chi connectivity index (χ1v) is 11.8. The van der Waals surface area contributed by atoms with Gasteiger partial charge in [0.15, 0.2) is 0 Å². The van der Waals surface area contributed by atoms with E-state index in [1.165, 1.54) is 6.07 Å².